The van der Waals surface area contributed by atoms with Crippen molar-refractivity contribution in [3.8, 4) is 5.75 Å². The Hall–Kier alpha value is -3.02. The number of ether oxygens (including phenoxy) is 1. The van der Waals surface area contributed by atoms with Gasteiger partial charge >= 0.3 is 0 Å². The van der Waals surface area contributed by atoms with Crippen LogP contribution < -0.4 is 9.64 Å². The molecule has 34 heavy (non-hydrogen) atoms. The average Bonchev–Trinajstić information content (AvgIpc) is 3.19. The Morgan fingerprint density at radius 2 is 1.35 bits per heavy atom. The molecule has 2 aromatic carbocycles. The highest BCUT2D eigenvalue weighted by atomic mass is 16.5. The van der Waals surface area contributed by atoms with Crippen molar-refractivity contribution in [3.05, 3.63) is 54.1 Å². The van der Waals surface area contributed by atoms with Crippen molar-refractivity contribution < 1.29 is 14.3 Å². The summed E-state index contributed by atoms with van der Waals surface area (Å²) in [5.74, 6) is 0.580. The molecule has 0 aromatic heterocycles. The van der Waals surface area contributed by atoms with Crippen LogP contribution in [0.1, 0.15) is 83.1 Å². The molecular weight excluding hydrogens is 426 g/mol. The zero-order chi connectivity index (χ0) is 24.0. The summed E-state index contributed by atoms with van der Waals surface area (Å²) in [6.45, 7) is 3.44. The van der Waals surface area contributed by atoms with Crippen molar-refractivity contribution in [2.24, 2.45) is 10.2 Å². The van der Waals surface area contributed by atoms with Gasteiger partial charge in [-0.25, -0.2) is 0 Å². The third kappa shape index (κ3) is 8.40. The van der Waals surface area contributed by atoms with Gasteiger partial charge in [0.15, 0.2) is 0 Å². The largest absolute Gasteiger partial charge is 0.494 e. The first-order valence-corrected chi connectivity index (χ1v) is 12.7. The van der Waals surface area contributed by atoms with Crippen molar-refractivity contribution in [1.29, 1.82) is 0 Å². The number of hydrogen-bond acceptors (Lipinski definition) is 5. The normalized spacial score (nSPS) is 13.9. The summed E-state index contributed by atoms with van der Waals surface area (Å²) in [7, 11) is 0. The fourth-order valence-corrected chi connectivity index (χ4v) is 4.03. The van der Waals surface area contributed by atoms with Gasteiger partial charge in [0.1, 0.15) is 5.75 Å². The molecule has 1 aliphatic heterocycles. The van der Waals surface area contributed by atoms with E-state index in [-0.39, 0.29) is 24.7 Å². The monoisotopic (exact) mass is 463 g/mol. The zero-order valence-electron chi connectivity index (χ0n) is 20.4. The molecule has 3 rings (SSSR count). The molecule has 0 bridgehead atoms. The highest BCUT2D eigenvalue weighted by Gasteiger charge is 2.29. The molecule has 0 aliphatic carbocycles. The summed E-state index contributed by atoms with van der Waals surface area (Å²) < 4.78 is 5.84. The lowest BCUT2D eigenvalue weighted by Crippen LogP contribution is -2.28. The Morgan fingerprint density at radius 1 is 0.765 bits per heavy atom. The lowest BCUT2D eigenvalue weighted by Gasteiger charge is -2.13. The molecule has 0 N–H and O–H groups in total. The molecule has 0 radical (unpaired) electrons. The second kappa shape index (κ2) is 14.3. The van der Waals surface area contributed by atoms with Crippen LogP contribution in [-0.2, 0) is 16.1 Å². The second-order valence-corrected chi connectivity index (χ2v) is 8.86. The maximum Gasteiger partial charge on any atom is 0.234 e. The minimum Gasteiger partial charge on any atom is -0.494 e. The SMILES string of the molecule is CCCCCCCCCCCOc1ccc(N=NCc2ccc(N3C(=O)CCC3=O)cc2)cc1. The Bertz CT molecular complexity index is 907. The molecule has 6 nitrogen and oxygen atoms in total. The number of nitrogens with zero attached hydrogens (tertiary/aromatic N) is 3. The van der Waals surface area contributed by atoms with E-state index in [2.05, 4.69) is 17.2 Å². The molecular formula is C28H37N3O3. The van der Waals surface area contributed by atoms with Crippen LogP contribution in [-0.4, -0.2) is 18.4 Å². The van der Waals surface area contributed by atoms with Gasteiger partial charge in [0, 0.05) is 12.8 Å². The number of benzene rings is 2. The number of unbranched alkanes of at least 4 members (excludes halogenated alkanes) is 8. The predicted molar refractivity (Wildman–Crippen MR) is 136 cm³/mol. The maximum atomic E-state index is 11.8. The maximum absolute atomic E-state index is 11.8. The smallest absolute Gasteiger partial charge is 0.234 e. The molecule has 6 heteroatoms. The van der Waals surface area contributed by atoms with Crippen LogP contribution in [0.4, 0.5) is 11.4 Å². The van der Waals surface area contributed by atoms with Gasteiger partial charge in [-0.2, -0.15) is 10.2 Å². The first kappa shape index (κ1) is 25.6. The number of hydrogen-bond donors (Lipinski definition) is 0. The summed E-state index contributed by atoms with van der Waals surface area (Å²) in [4.78, 5) is 24.9. The van der Waals surface area contributed by atoms with Gasteiger partial charge in [0.2, 0.25) is 11.8 Å². The van der Waals surface area contributed by atoms with Crippen LogP contribution in [0.25, 0.3) is 0 Å². The van der Waals surface area contributed by atoms with E-state index < -0.39 is 0 Å². The molecule has 0 atom stereocenters. The summed E-state index contributed by atoms with van der Waals surface area (Å²) in [5, 5.41) is 8.54. The molecule has 1 aliphatic rings. The molecule has 2 aromatic rings. The van der Waals surface area contributed by atoms with Gasteiger partial charge < -0.3 is 4.74 Å². The van der Waals surface area contributed by atoms with Crippen molar-refractivity contribution in [2.45, 2.75) is 84.1 Å². The number of rotatable bonds is 15. The van der Waals surface area contributed by atoms with Gasteiger partial charge in [0.05, 0.1) is 24.5 Å². The van der Waals surface area contributed by atoms with Crippen LogP contribution in [0.3, 0.4) is 0 Å². The number of azo groups is 1. The highest BCUT2D eigenvalue weighted by Crippen LogP contribution is 2.23. The predicted octanol–water partition coefficient (Wildman–Crippen LogP) is 7.53. The molecule has 0 unspecified atom stereocenters. The van der Waals surface area contributed by atoms with Crippen molar-refractivity contribution in [2.75, 3.05) is 11.5 Å². The molecule has 1 fully saturated rings. The van der Waals surface area contributed by atoms with Crippen LogP contribution in [0.15, 0.2) is 58.8 Å². The quantitative estimate of drug-likeness (QED) is 0.156. The van der Waals surface area contributed by atoms with Crippen LogP contribution in [0, 0.1) is 0 Å². The molecule has 1 saturated heterocycles. The van der Waals surface area contributed by atoms with E-state index in [1.807, 2.05) is 36.4 Å². The van der Waals surface area contributed by atoms with Crippen LogP contribution in [0.5, 0.6) is 5.75 Å². The van der Waals surface area contributed by atoms with Gasteiger partial charge in [-0.05, 0) is 48.4 Å². The van der Waals surface area contributed by atoms with E-state index in [0.717, 1.165) is 30.0 Å². The van der Waals surface area contributed by atoms with Crippen molar-refractivity contribution >= 4 is 23.2 Å². The zero-order valence-corrected chi connectivity index (χ0v) is 20.4. The average molecular weight is 464 g/mol. The van der Waals surface area contributed by atoms with E-state index in [4.69, 9.17) is 4.74 Å². The van der Waals surface area contributed by atoms with E-state index in [9.17, 15) is 9.59 Å². The molecule has 0 spiro atoms. The van der Waals surface area contributed by atoms with Crippen molar-refractivity contribution in [3.63, 3.8) is 0 Å². The minimum absolute atomic E-state index is 0.141. The summed E-state index contributed by atoms with van der Waals surface area (Å²) in [5.41, 5.74) is 2.36. The lowest BCUT2D eigenvalue weighted by molar-refractivity contribution is -0.121. The van der Waals surface area contributed by atoms with E-state index in [0.29, 0.717) is 12.2 Å². The minimum atomic E-state index is -0.141. The van der Waals surface area contributed by atoms with E-state index >= 15 is 0 Å². The number of carbonyl (C=O) groups excluding carboxylic acids is 2. The van der Waals surface area contributed by atoms with Gasteiger partial charge in [-0.1, -0.05) is 70.4 Å². The summed E-state index contributed by atoms with van der Waals surface area (Å²) in [6, 6.07) is 15.0. The molecule has 182 valence electrons. The third-order valence-corrected chi connectivity index (χ3v) is 6.04. The molecule has 1 heterocycles. The summed E-state index contributed by atoms with van der Waals surface area (Å²) >= 11 is 0. The van der Waals surface area contributed by atoms with Crippen LogP contribution in [0.2, 0.25) is 0 Å². The molecule has 0 saturated carbocycles. The number of imide groups is 1. The van der Waals surface area contributed by atoms with E-state index in [1.54, 1.807) is 12.1 Å². The fraction of sp³-hybridized carbons (Fsp3) is 0.500. The number of anilines is 1. The third-order valence-electron chi connectivity index (χ3n) is 6.04. The van der Waals surface area contributed by atoms with Crippen LogP contribution >= 0.6 is 0 Å². The number of amides is 2. The van der Waals surface area contributed by atoms with Crippen molar-refractivity contribution in [1.82, 2.24) is 0 Å². The molecule has 2 amide bonds. The van der Waals surface area contributed by atoms with E-state index in [1.165, 1.54) is 56.3 Å². The van der Waals surface area contributed by atoms with Gasteiger partial charge in [-0.15, -0.1) is 0 Å². The second-order valence-electron chi connectivity index (χ2n) is 8.86. The first-order valence-electron chi connectivity index (χ1n) is 12.7. The Labute approximate surface area is 203 Å². The Morgan fingerprint density at radius 3 is 1.97 bits per heavy atom. The topological polar surface area (TPSA) is 71.3 Å². The fourth-order valence-electron chi connectivity index (χ4n) is 4.03. The number of carbonyl (C=O) groups is 2. The standard InChI is InChI=1S/C28H37N3O3/c1-2-3-4-5-6-7-8-9-10-21-34-26-17-13-24(14-18-26)30-29-22-23-11-15-25(16-12-23)31-27(32)19-20-28(31)33/h11-18H,2-10,19-22H2,1H3. The summed E-state index contributed by atoms with van der Waals surface area (Å²) in [6.07, 6.45) is 12.3. The highest BCUT2D eigenvalue weighted by molar-refractivity contribution is 6.19. The van der Waals surface area contributed by atoms with Gasteiger partial charge in [-0.3, -0.25) is 14.5 Å². The Kier molecular flexibility index (Phi) is 10.8. The first-order chi connectivity index (χ1) is 16.7. The Balaban J connectivity index is 1.32. The van der Waals surface area contributed by atoms with Gasteiger partial charge in [0.25, 0.3) is 0 Å². The lowest BCUT2D eigenvalue weighted by atomic mass is 10.1.